The molecule has 0 saturated heterocycles. The summed E-state index contributed by atoms with van der Waals surface area (Å²) in [7, 11) is 0. The van der Waals surface area contributed by atoms with Gasteiger partial charge in [-0.1, -0.05) is 11.2 Å². The Morgan fingerprint density at radius 3 is 2.69 bits per heavy atom. The summed E-state index contributed by atoms with van der Waals surface area (Å²) < 4.78 is 4.98. The first-order valence-electron chi connectivity index (χ1n) is 5.23. The van der Waals surface area contributed by atoms with Gasteiger partial charge in [0.05, 0.1) is 12.7 Å². The molecule has 0 radical (unpaired) electrons. The maximum atomic E-state index is 4.98. The van der Waals surface area contributed by atoms with Crippen molar-refractivity contribution in [3.8, 4) is 0 Å². The Morgan fingerprint density at radius 1 is 1.19 bits per heavy atom. The van der Waals surface area contributed by atoms with Crippen LogP contribution in [0.5, 0.6) is 0 Å². The summed E-state index contributed by atoms with van der Waals surface area (Å²) in [5, 5.41) is 9.95. The summed E-state index contributed by atoms with van der Waals surface area (Å²) in [4.78, 5) is 4.38. The average Bonchev–Trinajstić information content (AvgIpc) is 2.80. The molecule has 2 rings (SSSR count). The van der Waals surface area contributed by atoms with E-state index in [1.807, 2.05) is 31.2 Å². The number of hydrogen-bond donors (Lipinski definition) is 2. The zero-order chi connectivity index (χ0) is 11.2. The highest BCUT2D eigenvalue weighted by Gasteiger charge is 1.99. The third kappa shape index (κ3) is 2.73. The maximum absolute atomic E-state index is 4.98. The topological polar surface area (TPSA) is 63.0 Å². The highest BCUT2D eigenvalue weighted by molar-refractivity contribution is 5.45. The van der Waals surface area contributed by atoms with Gasteiger partial charge in [-0.15, -0.1) is 0 Å². The van der Waals surface area contributed by atoms with Crippen LogP contribution < -0.4 is 10.6 Å². The van der Waals surface area contributed by atoms with E-state index in [-0.39, 0.29) is 0 Å². The lowest BCUT2D eigenvalue weighted by Gasteiger charge is -2.06. The molecule has 0 amide bonds. The summed E-state index contributed by atoms with van der Waals surface area (Å²) >= 11 is 0. The molecule has 0 aliphatic heterocycles. The minimum Gasteiger partial charge on any atom is -0.370 e. The number of pyridine rings is 1. The molecule has 0 bridgehead atoms. The molecule has 0 spiro atoms. The van der Waals surface area contributed by atoms with Crippen molar-refractivity contribution in [2.45, 2.75) is 13.5 Å². The van der Waals surface area contributed by atoms with Crippen LogP contribution in [0.25, 0.3) is 0 Å². The highest BCUT2D eigenvalue weighted by atomic mass is 16.5. The Balaban J connectivity index is 1.96. The molecule has 0 aliphatic carbocycles. The number of hydrogen-bond acceptors (Lipinski definition) is 5. The van der Waals surface area contributed by atoms with Gasteiger partial charge < -0.3 is 15.2 Å². The predicted octanol–water partition coefficient (Wildman–Crippen LogP) is 2.11. The summed E-state index contributed by atoms with van der Waals surface area (Å²) in [5.41, 5.74) is 0. The fourth-order valence-electron chi connectivity index (χ4n) is 1.32. The standard InChI is InChI=1S/C11H14N4O/c1-2-12-10-4-3-5-11(15-10)13-8-9-6-7-14-16-9/h3-7H,2,8H2,1H3,(H2,12,13,15). The van der Waals surface area contributed by atoms with Crippen LogP contribution in [-0.2, 0) is 6.54 Å². The average molecular weight is 218 g/mol. The zero-order valence-electron chi connectivity index (χ0n) is 9.10. The second kappa shape index (κ2) is 5.16. The lowest BCUT2D eigenvalue weighted by Crippen LogP contribution is -2.03. The van der Waals surface area contributed by atoms with Crippen molar-refractivity contribution in [2.24, 2.45) is 0 Å². The van der Waals surface area contributed by atoms with Crippen molar-refractivity contribution >= 4 is 11.6 Å². The SMILES string of the molecule is CCNc1cccc(NCc2ccno2)n1. The molecule has 84 valence electrons. The molecule has 5 heteroatoms. The number of aromatic nitrogens is 2. The van der Waals surface area contributed by atoms with Crippen molar-refractivity contribution in [2.75, 3.05) is 17.2 Å². The Kier molecular flexibility index (Phi) is 3.38. The molecular weight excluding hydrogens is 204 g/mol. The predicted molar refractivity (Wildman–Crippen MR) is 62.2 cm³/mol. The van der Waals surface area contributed by atoms with E-state index in [0.717, 1.165) is 23.9 Å². The molecule has 0 aliphatic rings. The zero-order valence-corrected chi connectivity index (χ0v) is 9.10. The normalized spacial score (nSPS) is 10.1. The molecule has 0 atom stereocenters. The van der Waals surface area contributed by atoms with E-state index < -0.39 is 0 Å². The maximum Gasteiger partial charge on any atom is 0.155 e. The largest absolute Gasteiger partial charge is 0.370 e. The Hall–Kier alpha value is -2.04. The second-order valence-electron chi connectivity index (χ2n) is 3.27. The first-order valence-corrected chi connectivity index (χ1v) is 5.23. The van der Waals surface area contributed by atoms with E-state index in [1.54, 1.807) is 6.20 Å². The quantitative estimate of drug-likeness (QED) is 0.804. The smallest absolute Gasteiger partial charge is 0.155 e. The summed E-state index contributed by atoms with van der Waals surface area (Å²) in [6, 6.07) is 7.62. The van der Waals surface area contributed by atoms with E-state index in [0.29, 0.717) is 6.54 Å². The van der Waals surface area contributed by atoms with Crippen molar-refractivity contribution in [3.63, 3.8) is 0 Å². The van der Waals surface area contributed by atoms with Crippen molar-refractivity contribution in [1.29, 1.82) is 0 Å². The van der Waals surface area contributed by atoms with Crippen LogP contribution in [0, 0.1) is 0 Å². The fraction of sp³-hybridized carbons (Fsp3) is 0.273. The first-order chi connectivity index (χ1) is 7.88. The number of nitrogens with zero attached hydrogens (tertiary/aromatic N) is 2. The van der Waals surface area contributed by atoms with E-state index in [1.165, 1.54) is 0 Å². The van der Waals surface area contributed by atoms with Gasteiger partial charge in [0.25, 0.3) is 0 Å². The van der Waals surface area contributed by atoms with Crippen LogP contribution in [0.1, 0.15) is 12.7 Å². The number of anilines is 2. The highest BCUT2D eigenvalue weighted by Crippen LogP contribution is 2.10. The van der Waals surface area contributed by atoms with Gasteiger partial charge in [0.1, 0.15) is 11.6 Å². The molecule has 5 nitrogen and oxygen atoms in total. The van der Waals surface area contributed by atoms with Gasteiger partial charge in [0, 0.05) is 12.6 Å². The lowest BCUT2D eigenvalue weighted by molar-refractivity contribution is 0.388. The molecule has 2 aromatic heterocycles. The van der Waals surface area contributed by atoms with Crippen LogP contribution in [-0.4, -0.2) is 16.7 Å². The molecule has 0 aromatic carbocycles. The molecule has 16 heavy (non-hydrogen) atoms. The van der Waals surface area contributed by atoms with Crippen LogP contribution in [0.3, 0.4) is 0 Å². The van der Waals surface area contributed by atoms with E-state index in [9.17, 15) is 0 Å². The van der Waals surface area contributed by atoms with Gasteiger partial charge in [-0.3, -0.25) is 0 Å². The molecule has 2 aromatic rings. The van der Waals surface area contributed by atoms with E-state index >= 15 is 0 Å². The summed E-state index contributed by atoms with van der Waals surface area (Å²) in [6.45, 7) is 3.48. The summed E-state index contributed by atoms with van der Waals surface area (Å²) in [5.74, 6) is 2.47. The minimum absolute atomic E-state index is 0.586. The third-order valence-electron chi connectivity index (χ3n) is 2.04. The van der Waals surface area contributed by atoms with E-state index in [2.05, 4.69) is 20.8 Å². The second-order valence-corrected chi connectivity index (χ2v) is 3.27. The Morgan fingerprint density at radius 2 is 2.00 bits per heavy atom. The van der Waals surface area contributed by atoms with Crippen LogP contribution in [0.15, 0.2) is 35.0 Å². The van der Waals surface area contributed by atoms with Gasteiger partial charge in [-0.25, -0.2) is 4.98 Å². The lowest BCUT2D eigenvalue weighted by atomic mass is 10.4. The van der Waals surface area contributed by atoms with Crippen molar-refractivity contribution < 1.29 is 4.52 Å². The monoisotopic (exact) mass is 218 g/mol. The number of rotatable bonds is 5. The van der Waals surface area contributed by atoms with Crippen LogP contribution in [0.4, 0.5) is 11.6 Å². The van der Waals surface area contributed by atoms with Crippen molar-refractivity contribution in [3.05, 3.63) is 36.2 Å². The van der Waals surface area contributed by atoms with Gasteiger partial charge in [-0.2, -0.15) is 0 Å². The van der Waals surface area contributed by atoms with Gasteiger partial charge >= 0.3 is 0 Å². The third-order valence-corrected chi connectivity index (χ3v) is 2.04. The molecule has 2 N–H and O–H groups in total. The Bertz CT molecular complexity index is 427. The van der Waals surface area contributed by atoms with Gasteiger partial charge in [0.2, 0.25) is 0 Å². The Labute approximate surface area is 93.9 Å². The first kappa shape index (κ1) is 10.5. The van der Waals surface area contributed by atoms with Gasteiger partial charge in [0.15, 0.2) is 5.76 Å². The number of nitrogens with one attached hydrogen (secondary N) is 2. The van der Waals surface area contributed by atoms with Crippen LogP contribution >= 0.6 is 0 Å². The minimum atomic E-state index is 0.586. The fourth-order valence-corrected chi connectivity index (χ4v) is 1.32. The summed E-state index contributed by atoms with van der Waals surface area (Å²) in [6.07, 6.45) is 1.62. The van der Waals surface area contributed by atoms with Crippen molar-refractivity contribution in [1.82, 2.24) is 10.1 Å². The molecule has 0 unspecified atom stereocenters. The van der Waals surface area contributed by atoms with Gasteiger partial charge in [-0.05, 0) is 19.1 Å². The molecule has 2 heterocycles. The van der Waals surface area contributed by atoms with E-state index in [4.69, 9.17) is 4.52 Å². The molecule has 0 saturated carbocycles. The molecular formula is C11H14N4O. The molecule has 0 fully saturated rings. The van der Waals surface area contributed by atoms with Crippen LogP contribution in [0.2, 0.25) is 0 Å².